The number of carboxylic acids is 2. The highest BCUT2D eigenvalue weighted by Crippen LogP contribution is 2.46. The summed E-state index contributed by atoms with van der Waals surface area (Å²) in [6, 6.07) is 4.69. The molecular weight excluding hydrogens is 701 g/mol. The Morgan fingerprint density at radius 3 is 2.18 bits per heavy atom. The summed E-state index contributed by atoms with van der Waals surface area (Å²) in [5.41, 5.74) is -0.744. The van der Waals surface area contributed by atoms with Gasteiger partial charge < -0.3 is 25.3 Å². The molecule has 270 valence electrons. The molecule has 2 amide bonds. The summed E-state index contributed by atoms with van der Waals surface area (Å²) >= 11 is 14.7. The molecule has 1 aromatic carbocycles. The van der Waals surface area contributed by atoms with Gasteiger partial charge in [-0.15, -0.1) is 11.3 Å². The van der Waals surface area contributed by atoms with Crippen LogP contribution >= 0.6 is 34.5 Å². The molecule has 0 spiro atoms. The predicted molar refractivity (Wildman–Crippen MR) is 193 cm³/mol. The minimum atomic E-state index is -1.37. The van der Waals surface area contributed by atoms with Gasteiger partial charge in [0.05, 0.1) is 28.5 Å². The third-order valence-corrected chi connectivity index (χ3v) is 11.8. The molecule has 1 unspecified atom stereocenters. The van der Waals surface area contributed by atoms with Crippen LogP contribution in [-0.2, 0) is 24.6 Å². The number of aromatic nitrogens is 1. The van der Waals surface area contributed by atoms with Gasteiger partial charge in [-0.3, -0.25) is 14.5 Å². The van der Waals surface area contributed by atoms with Crippen LogP contribution in [0.15, 0.2) is 52.3 Å². The first kappa shape index (κ1) is 37.8. The molecule has 2 fully saturated rings. The fourth-order valence-electron chi connectivity index (χ4n) is 7.39. The van der Waals surface area contributed by atoms with Crippen molar-refractivity contribution in [3.63, 3.8) is 0 Å². The van der Waals surface area contributed by atoms with E-state index in [1.807, 2.05) is 24.1 Å². The van der Waals surface area contributed by atoms with Crippen molar-refractivity contribution in [2.24, 2.45) is 0 Å². The molecule has 2 saturated heterocycles. The predicted octanol–water partition coefficient (Wildman–Crippen LogP) is 5.90. The Hall–Kier alpha value is -3.45. The average molecular weight is 747 g/mol. The topological polar surface area (TPSA) is 143 Å². The minimum absolute atomic E-state index is 0.111. The van der Waals surface area contributed by atoms with Crippen LogP contribution in [0.5, 0.6) is 0 Å². The number of aliphatic carboxylic acids is 2. The van der Waals surface area contributed by atoms with E-state index < -0.39 is 23.3 Å². The molecule has 11 nitrogen and oxygen atoms in total. The van der Waals surface area contributed by atoms with E-state index in [0.29, 0.717) is 32.6 Å². The number of amides is 2. The molecule has 2 aromatic rings. The van der Waals surface area contributed by atoms with Crippen LogP contribution in [0, 0.1) is 0 Å². The van der Waals surface area contributed by atoms with Crippen LogP contribution in [-0.4, -0.2) is 98.5 Å². The molecule has 4 heterocycles. The number of dihydropyridines is 1. The number of likely N-dealkylation sites (tertiary alicyclic amines) is 1. The van der Waals surface area contributed by atoms with E-state index in [4.69, 9.17) is 23.2 Å². The fraction of sp³-hybridized carbons (Fsp3) is 0.528. The number of rotatable bonds is 13. The van der Waals surface area contributed by atoms with E-state index in [9.17, 15) is 29.4 Å². The summed E-state index contributed by atoms with van der Waals surface area (Å²) in [6.45, 7) is 12.1. The number of piperazine rings is 1. The summed E-state index contributed by atoms with van der Waals surface area (Å²) in [6.07, 6.45) is 4.93. The van der Waals surface area contributed by atoms with Gasteiger partial charge in [0.1, 0.15) is 0 Å². The smallest absolute Gasteiger partial charge is 0.334 e. The summed E-state index contributed by atoms with van der Waals surface area (Å²) in [5.74, 6) is -4.07. The first-order valence-corrected chi connectivity index (χ1v) is 18.6. The lowest BCUT2D eigenvalue weighted by Crippen LogP contribution is -2.50. The van der Waals surface area contributed by atoms with Crippen LogP contribution in [0.2, 0.25) is 10.0 Å². The molecule has 0 radical (unpaired) electrons. The van der Waals surface area contributed by atoms with Gasteiger partial charge in [-0.2, -0.15) is 0 Å². The Bertz CT molecular complexity index is 1680. The standard InChI is InChI=1S/C36H45Cl2N5O6S/c1-35(2,34-39-12-19-50-34)21-25-30(33(48)49)31(28-22(37)8-5-9-23(28)38)29(32(46)47)24(40-25)20-27(45)42-17-15-41(16-18-42)13-7-11-36(3,4)43-14-6-10-26(43)44/h5,8-9,12,19,31,40H,6-7,10-11,13-18,20-21H2,1-4H3,(H,46,47)(H,48,49). The Morgan fingerprint density at radius 2 is 1.62 bits per heavy atom. The lowest BCUT2D eigenvalue weighted by Gasteiger charge is -2.38. The van der Waals surface area contributed by atoms with Gasteiger partial charge in [-0.25, -0.2) is 14.6 Å². The van der Waals surface area contributed by atoms with Crippen molar-refractivity contribution in [2.45, 2.75) is 83.1 Å². The number of hydrogen-bond donors (Lipinski definition) is 3. The first-order chi connectivity index (χ1) is 23.6. The van der Waals surface area contributed by atoms with Crippen LogP contribution in [0.1, 0.15) is 82.7 Å². The van der Waals surface area contributed by atoms with Crippen molar-refractivity contribution >= 4 is 58.3 Å². The van der Waals surface area contributed by atoms with Crippen molar-refractivity contribution in [3.05, 3.63) is 72.9 Å². The monoisotopic (exact) mass is 745 g/mol. The Morgan fingerprint density at radius 1 is 0.980 bits per heavy atom. The van der Waals surface area contributed by atoms with Gasteiger partial charge in [0, 0.05) is 88.7 Å². The maximum Gasteiger partial charge on any atom is 0.334 e. The fourth-order valence-corrected chi connectivity index (χ4v) is 8.77. The molecular formula is C36H45Cl2N5O6S. The number of carboxylic acid groups (broad SMARTS) is 2. The average Bonchev–Trinajstić information content (AvgIpc) is 3.74. The third kappa shape index (κ3) is 8.19. The summed E-state index contributed by atoms with van der Waals surface area (Å²) in [4.78, 5) is 62.6. The second-order valence-corrected chi connectivity index (χ2v) is 16.2. The van der Waals surface area contributed by atoms with Gasteiger partial charge in [-0.1, -0.05) is 43.1 Å². The number of benzene rings is 1. The van der Waals surface area contributed by atoms with Crippen LogP contribution < -0.4 is 5.32 Å². The highest BCUT2D eigenvalue weighted by molar-refractivity contribution is 7.09. The quantitative estimate of drug-likeness (QED) is 0.229. The van der Waals surface area contributed by atoms with Gasteiger partial charge in [0.25, 0.3) is 0 Å². The molecule has 3 N–H and O–H groups in total. The van der Waals surface area contributed by atoms with E-state index >= 15 is 0 Å². The molecule has 3 aliphatic heterocycles. The van der Waals surface area contributed by atoms with Crippen molar-refractivity contribution in [1.82, 2.24) is 25.0 Å². The number of allylic oxidation sites excluding steroid dienone is 1. The highest BCUT2D eigenvalue weighted by Gasteiger charge is 2.43. The van der Waals surface area contributed by atoms with Crippen molar-refractivity contribution in [2.75, 3.05) is 39.3 Å². The van der Waals surface area contributed by atoms with Crippen molar-refractivity contribution in [3.8, 4) is 0 Å². The molecule has 0 bridgehead atoms. The maximum absolute atomic E-state index is 13.8. The largest absolute Gasteiger partial charge is 0.478 e. The Labute approximate surface area is 306 Å². The number of thiazole rings is 1. The van der Waals surface area contributed by atoms with E-state index in [2.05, 4.69) is 29.0 Å². The number of nitrogens with one attached hydrogen (secondary N) is 1. The summed E-state index contributed by atoms with van der Waals surface area (Å²) in [5, 5.41) is 27.2. The van der Waals surface area contributed by atoms with Gasteiger partial charge >= 0.3 is 11.9 Å². The molecule has 3 aliphatic rings. The molecule has 50 heavy (non-hydrogen) atoms. The zero-order chi connectivity index (χ0) is 36.4. The molecule has 14 heteroatoms. The van der Waals surface area contributed by atoms with E-state index in [1.165, 1.54) is 11.3 Å². The van der Waals surface area contributed by atoms with Crippen molar-refractivity contribution < 1.29 is 29.4 Å². The minimum Gasteiger partial charge on any atom is -0.478 e. The molecule has 1 aromatic heterocycles. The summed E-state index contributed by atoms with van der Waals surface area (Å²) in [7, 11) is 0. The maximum atomic E-state index is 13.8. The van der Waals surface area contributed by atoms with Crippen LogP contribution in [0.25, 0.3) is 0 Å². The van der Waals surface area contributed by atoms with E-state index in [0.717, 1.165) is 37.4 Å². The normalized spacial score (nSPS) is 19.3. The zero-order valence-corrected chi connectivity index (χ0v) is 31.3. The van der Waals surface area contributed by atoms with Gasteiger partial charge in [0.15, 0.2) is 0 Å². The Balaban J connectivity index is 1.36. The van der Waals surface area contributed by atoms with E-state index in [1.54, 1.807) is 29.3 Å². The SMILES string of the molecule is CC(C)(CC1=C(C(=O)O)C(c2c(Cl)cccc2Cl)C(C(=O)O)=C(CC(=O)N2CCN(CCCC(C)(C)N3CCCC3=O)CC2)N1)c1nccs1. The highest BCUT2D eigenvalue weighted by atomic mass is 35.5. The number of carbonyl (C=O) groups excluding carboxylic acids is 2. The first-order valence-electron chi connectivity index (χ1n) is 16.9. The second-order valence-electron chi connectivity index (χ2n) is 14.5. The molecule has 5 rings (SSSR count). The van der Waals surface area contributed by atoms with Crippen LogP contribution in [0.4, 0.5) is 0 Å². The van der Waals surface area contributed by atoms with Gasteiger partial charge in [-0.05, 0) is 58.2 Å². The molecule has 1 atom stereocenters. The van der Waals surface area contributed by atoms with Gasteiger partial charge in [0.2, 0.25) is 11.8 Å². The lowest BCUT2D eigenvalue weighted by molar-refractivity contribution is -0.134. The zero-order valence-electron chi connectivity index (χ0n) is 28.9. The molecule has 0 saturated carbocycles. The number of nitrogens with zero attached hydrogens (tertiary/aromatic N) is 4. The van der Waals surface area contributed by atoms with E-state index in [-0.39, 0.29) is 68.3 Å². The number of carbonyl (C=O) groups is 4. The number of halogens is 2. The number of hydrogen-bond acceptors (Lipinski definition) is 8. The lowest BCUT2D eigenvalue weighted by atomic mass is 9.76. The Kier molecular flexibility index (Phi) is 11.7. The molecule has 0 aliphatic carbocycles. The third-order valence-electron chi connectivity index (χ3n) is 10.0. The second kappa shape index (κ2) is 15.4. The van der Waals surface area contributed by atoms with Crippen molar-refractivity contribution in [1.29, 1.82) is 0 Å². The van der Waals surface area contributed by atoms with Crippen LogP contribution in [0.3, 0.4) is 0 Å². The summed E-state index contributed by atoms with van der Waals surface area (Å²) < 4.78 is 0.